The molecule has 0 aliphatic heterocycles. The number of halogens is 3. The number of para-hydroxylation sites is 1. The molecule has 2 heterocycles. The van der Waals surface area contributed by atoms with Gasteiger partial charge in [0.2, 0.25) is 0 Å². The van der Waals surface area contributed by atoms with E-state index in [0.717, 1.165) is 17.2 Å². The summed E-state index contributed by atoms with van der Waals surface area (Å²) in [6, 6.07) is 14.3. The SMILES string of the molecule is Cc1nn2c(C)c(C(=O)Nc3ccccc3C(F)(F)F)nnc2c1-c1ccccc1. The number of carbonyl (C=O) groups is 1. The summed E-state index contributed by atoms with van der Waals surface area (Å²) >= 11 is 0. The molecule has 4 aromatic rings. The Morgan fingerprint density at radius 2 is 1.63 bits per heavy atom. The van der Waals surface area contributed by atoms with Gasteiger partial charge in [0, 0.05) is 0 Å². The van der Waals surface area contributed by atoms with Crippen molar-refractivity contribution in [2.75, 3.05) is 5.32 Å². The monoisotopic (exact) mass is 411 g/mol. The highest BCUT2D eigenvalue weighted by atomic mass is 19.4. The van der Waals surface area contributed by atoms with Gasteiger partial charge in [-0.1, -0.05) is 42.5 Å². The predicted octanol–water partition coefficient (Wildman–Crippen LogP) is 4.68. The number of rotatable bonds is 3. The molecule has 30 heavy (non-hydrogen) atoms. The summed E-state index contributed by atoms with van der Waals surface area (Å²) in [6.45, 7) is 3.43. The van der Waals surface area contributed by atoms with E-state index in [9.17, 15) is 18.0 Å². The molecule has 0 saturated heterocycles. The zero-order valence-corrected chi connectivity index (χ0v) is 16.0. The van der Waals surface area contributed by atoms with Crippen LogP contribution in [0.3, 0.4) is 0 Å². The molecular weight excluding hydrogens is 395 g/mol. The topological polar surface area (TPSA) is 72.2 Å². The van der Waals surface area contributed by atoms with Gasteiger partial charge in [0.1, 0.15) is 0 Å². The Bertz CT molecular complexity index is 1250. The van der Waals surface area contributed by atoms with Gasteiger partial charge < -0.3 is 5.32 Å². The highest BCUT2D eigenvalue weighted by molar-refractivity contribution is 6.04. The molecule has 152 valence electrons. The van der Waals surface area contributed by atoms with Gasteiger partial charge in [0.25, 0.3) is 5.91 Å². The first-order valence-electron chi connectivity index (χ1n) is 9.03. The first-order chi connectivity index (χ1) is 14.3. The van der Waals surface area contributed by atoms with Crippen LogP contribution in [0.2, 0.25) is 0 Å². The number of aromatic nitrogens is 4. The van der Waals surface area contributed by atoms with Crippen LogP contribution in [-0.2, 0) is 6.18 Å². The van der Waals surface area contributed by atoms with Crippen molar-refractivity contribution in [1.29, 1.82) is 0 Å². The van der Waals surface area contributed by atoms with Gasteiger partial charge in [-0.2, -0.15) is 18.3 Å². The zero-order chi connectivity index (χ0) is 21.5. The number of alkyl halides is 3. The van der Waals surface area contributed by atoms with E-state index in [4.69, 9.17) is 0 Å². The summed E-state index contributed by atoms with van der Waals surface area (Å²) in [5.74, 6) is -0.798. The fraction of sp³-hybridized carbons (Fsp3) is 0.143. The molecule has 6 nitrogen and oxygen atoms in total. The second-order valence-corrected chi connectivity index (χ2v) is 6.69. The molecule has 0 spiro atoms. The van der Waals surface area contributed by atoms with Crippen molar-refractivity contribution in [1.82, 2.24) is 19.8 Å². The molecule has 4 rings (SSSR count). The van der Waals surface area contributed by atoms with Gasteiger partial charge in [-0.25, -0.2) is 4.52 Å². The molecule has 9 heteroatoms. The first kappa shape index (κ1) is 19.6. The molecule has 2 aromatic heterocycles. The molecule has 0 radical (unpaired) electrons. The van der Waals surface area contributed by atoms with Crippen LogP contribution in [0.4, 0.5) is 18.9 Å². The normalized spacial score (nSPS) is 11.6. The smallest absolute Gasteiger partial charge is 0.320 e. The highest BCUT2D eigenvalue weighted by Gasteiger charge is 2.34. The Morgan fingerprint density at radius 3 is 2.33 bits per heavy atom. The third-order valence-corrected chi connectivity index (χ3v) is 4.70. The van der Waals surface area contributed by atoms with Crippen LogP contribution < -0.4 is 5.32 Å². The maximum Gasteiger partial charge on any atom is 0.418 e. The predicted molar refractivity (Wildman–Crippen MR) is 105 cm³/mol. The van der Waals surface area contributed by atoms with Crippen LogP contribution in [0, 0.1) is 13.8 Å². The van der Waals surface area contributed by atoms with Crippen molar-refractivity contribution in [3.8, 4) is 11.1 Å². The number of aryl methyl sites for hydroxylation is 2. The third-order valence-electron chi connectivity index (χ3n) is 4.70. The number of nitrogens with one attached hydrogen (secondary N) is 1. The fourth-order valence-electron chi connectivity index (χ4n) is 3.28. The van der Waals surface area contributed by atoms with E-state index in [1.165, 1.54) is 22.7 Å². The Balaban J connectivity index is 1.75. The second kappa shape index (κ2) is 7.25. The lowest BCUT2D eigenvalue weighted by Crippen LogP contribution is -2.20. The largest absolute Gasteiger partial charge is 0.418 e. The summed E-state index contributed by atoms with van der Waals surface area (Å²) in [7, 11) is 0. The molecule has 0 aliphatic rings. The molecule has 0 atom stereocenters. The minimum Gasteiger partial charge on any atom is -0.320 e. The molecule has 0 unspecified atom stereocenters. The van der Waals surface area contributed by atoms with Gasteiger partial charge in [-0.3, -0.25) is 4.79 Å². The summed E-state index contributed by atoms with van der Waals surface area (Å²) < 4.78 is 41.1. The van der Waals surface area contributed by atoms with Gasteiger partial charge in [-0.05, 0) is 31.5 Å². The van der Waals surface area contributed by atoms with Crippen LogP contribution in [-0.4, -0.2) is 25.7 Å². The standard InChI is InChI=1S/C21H16F3N5O/c1-12-17(14-8-4-3-5-9-14)19-27-26-18(13(2)29(19)28-12)20(30)25-16-11-7-6-10-15(16)21(22,23)24/h3-11H,1-2H3,(H,25,30). The molecule has 0 aliphatic carbocycles. The summed E-state index contributed by atoms with van der Waals surface area (Å²) in [4.78, 5) is 12.7. The van der Waals surface area contributed by atoms with Gasteiger partial charge >= 0.3 is 6.18 Å². The maximum atomic E-state index is 13.2. The van der Waals surface area contributed by atoms with E-state index >= 15 is 0 Å². The Hall–Kier alpha value is -3.75. The molecule has 0 bridgehead atoms. The number of nitrogens with zero attached hydrogens (tertiary/aromatic N) is 4. The molecule has 0 saturated carbocycles. The minimum atomic E-state index is -4.60. The van der Waals surface area contributed by atoms with E-state index in [0.29, 0.717) is 17.0 Å². The molecule has 1 amide bonds. The number of benzene rings is 2. The van der Waals surface area contributed by atoms with Crippen molar-refractivity contribution in [3.63, 3.8) is 0 Å². The van der Waals surface area contributed by atoms with Crippen molar-refractivity contribution >= 4 is 17.2 Å². The van der Waals surface area contributed by atoms with E-state index in [-0.39, 0.29) is 11.4 Å². The van der Waals surface area contributed by atoms with Gasteiger partial charge in [-0.15, -0.1) is 10.2 Å². The number of anilines is 1. The average molecular weight is 411 g/mol. The Morgan fingerprint density at radius 1 is 0.967 bits per heavy atom. The number of carbonyl (C=O) groups excluding carboxylic acids is 1. The van der Waals surface area contributed by atoms with Gasteiger partial charge in [0.15, 0.2) is 11.3 Å². The first-order valence-corrected chi connectivity index (χ1v) is 9.03. The van der Waals surface area contributed by atoms with Crippen LogP contribution in [0.15, 0.2) is 54.6 Å². The van der Waals surface area contributed by atoms with E-state index < -0.39 is 17.6 Å². The van der Waals surface area contributed by atoms with Crippen LogP contribution in [0.25, 0.3) is 16.8 Å². The highest BCUT2D eigenvalue weighted by Crippen LogP contribution is 2.35. The lowest BCUT2D eigenvalue weighted by atomic mass is 10.1. The molecule has 1 N–H and O–H groups in total. The third kappa shape index (κ3) is 3.38. The summed E-state index contributed by atoms with van der Waals surface area (Å²) in [5, 5.41) is 14.9. The van der Waals surface area contributed by atoms with Crippen LogP contribution >= 0.6 is 0 Å². The summed E-state index contributed by atoms with van der Waals surface area (Å²) in [6.07, 6.45) is -4.60. The molecule has 2 aromatic carbocycles. The maximum absolute atomic E-state index is 13.2. The van der Waals surface area contributed by atoms with Crippen molar-refractivity contribution in [2.24, 2.45) is 0 Å². The molecule has 0 fully saturated rings. The number of fused-ring (bicyclic) bond motifs is 1. The fourth-order valence-corrected chi connectivity index (χ4v) is 3.28. The minimum absolute atomic E-state index is 0.110. The van der Waals surface area contributed by atoms with Crippen LogP contribution in [0.1, 0.15) is 27.4 Å². The lowest BCUT2D eigenvalue weighted by Gasteiger charge is -2.13. The number of hydrogen-bond acceptors (Lipinski definition) is 4. The Kier molecular flexibility index (Phi) is 4.73. The quantitative estimate of drug-likeness (QED) is 0.531. The van der Waals surface area contributed by atoms with Gasteiger partial charge in [0.05, 0.1) is 28.2 Å². The summed E-state index contributed by atoms with van der Waals surface area (Å²) in [5.41, 5.74) is 1.80. The van der Waals surface area contributed by atoms with Crippen molar-refractivity contribution in [3.05, 3.63) is 77.2 Å². The number of hydrogen-bond donors (Lipinski definition) is 1. The van der Waals surface area contributed by atoms with E-state index in [1.54, 1.807) is 6.92 Å². The second-order valence-electron chi connectivity index (χ2n) is 6.69. The lowest BCUT2D eigenvalue weighted by molar-refractivity contribution is -0.136. The van der Waals surface area contributed by atoms with E-state index in [1.807, 2.05) is 37.3 Å². The van der Waals surface area contributed by atoms with Crippen molar-refractivity contribution in [2.45, 2.75) is 20.0 Å². The molecular formula is C21H16F3N5O. The number of amides is 1. The average Bonchev–Trinajstić information content (AvgIpc) is 3.05. The van der Waals surface area contributed by atoms with Crippen molar-refractivity contribution < 1.29 is 18.0 Å². The van der Waals surface area contributed by atoms with E-state index in [2.05, 4.69) is 20.6 Å². The van der Waals surface area contributed by atoms with Crippen LogP contribution in [0.5, 0.6) is 0 Å². The zero-order valence-electron chi connectivity index (χ0n) is 16.0. The Labute approximate surface area is 169 Å².